The summed E-state index contributed by atoms with van der Waals surface area (Å²) in [5.74, 6) is 0.596. The van der Waals surface area contributed by atoms with Gasteiger partial charge in [-0.15, -0.1) is 0 Å². The topological polar surface area (TPSA) is 114 Å². The lowest BCUT2D eigenvalue weighted by atomic mass is 9.89. The first-order chi connectivity index (χ1) is 19.5. The normalized spacial score (nSPS) is 17.0. The van der Waals surface area contributed by atoms with Gasteiger partial charge in [0.1, 0.15) is 11.3 Å². The predicted molar refractivity (Wildman–Crippen MR) is 155 cm³/mol. The number of hydrogen-bond donors (Lipinski definition) is 1. The second-order valence-electron chi connectivity index (χ2n) is 11.0. The minimum Gasteiger partial charge on any atom is -0.493 e. The third-order valence-corrected chi connectivity index (χ3v) is 7.24. The summed E-state index contributed by atoms with van der Waals surface area (Å²) >= 11 is 0. The zero-order valence-corrected chi connectivity index (χ0v) is 24.7. The lowest BCUT2D eigenvalue weighted by Gasteiger charge is -2.32. The Bertz CT molecular complexity index is 1470. The molecule has 0 unspecified atom stereocenters. The van der Waals surface area contributed by atoms with Crippen LogP contribution in [-0.2, 0) is 9.47 Å². The van der Waals surface area contributed by atoms with Gasteiger partial charge in [0.2, 0.25) is 5.75 Å². The minimum atomic E-state index is -0.634. The Morgan fingerprint density at radius 2 is 1.46 bits per heavy atom. The van der Waals surface area contributed by atoms with E-state index in [9.17, 15) is 14.4 Å². The Hall–Kier alpha value is -4.21. The molecule has 1 aliphatic rings. The fraction of sp³-hybridized carbons (Fsp3) is 0.452. The van der Waals surface area contributed by atoms with Crippen molar-refractivity contribution in [3.63, 3.8) is 0 Å². The number of hydrogen-bond acceptors (Lipinski definition) is 8. The molecule has 1 amide bonds. The predicted octanol–water partition coefficient (Wildman–Crippen LogP) is 5.49. The molecule has 1 heterocycles. The van der Waals surface area contributed by atoms with Crippen LogP contribution in [0.25, 0.3) is 21.9 Å². The van der Waals surface area contributed by atoms with Gasteiger partial charge in [-0.3, -0.25) is 9.36 Å². The summed E-state index contributed by atoms with van der Waals surface area (Å²) in [6.45, 7) is 5.45. The Labute approximate surface area is 239 Å². The first-order valence-corrected chi connectivity index (χ1v) is 13.6. The fourth-order valence-electron chi connectivity index (χ4n) is 5.48. The molecule has 1 N–H and O–H groups in total. The summed E-state index contributed by atoms with van der Waals surface area (Å²) in [6, 6.07) is 10.3. The number of fused-ring (bicyclic) bond motifs is 1. The molecule has 2 aromatic carbocycles. The van der Waals surface area contributed by atoms with Crippen LogP contribution >= 0.6 is 0 Å². The van der Waals surface area contributed by atoms with Crippen molar-refractivity contribution < 1.29 is 33.3 Å². The number of ether oxygens (including phenoxy) is 5. The van der Waals surface area contributed by atoms with Crippen LogP contribution in [-0.4, -0.2) is 56.7 Å². The molecule has 41 heavy (non-hydrogen) atoms. The second kappa shape index (κ2) is 12.1. The molecule has 220 valence electrons. The van der Waals surface area contributed by atoms with Gasteiger partial charge in [0, 0.05) is 23.0 Å². The molecule has 0 spiro atoms. The van der Waals surface area contributed by atoms with Gasteiger partial charge in [-0.1, -0.05) is 18.2 Å². The Morgan fingerprint density at radius 3 is 1.98 bits per heavy atom. The number of carbonyl (C=O) groups excluding carboxylic acids is 2. The average Bonchev–Trinajstić information content (AvgIpc) is 2.95. The maximum atomic E-state index is 14.0. The van der Waals surface area contributed by atoms with Crippen LogP contribution in [0.5, 0.6) is 17.2 Å². The highest BCUT2D eigenvalue weighted by Crippen LogP contribution is 2.44. The molecule has 10 heteroatoms. The maximum absolute atomic E-state index is 14.0. The van der Waals surface area contributed by atoms with Gasteiger partial charge in [0.05, 0.1) is 28.4 Å². The number of pyridine rings is 1. The summed E-state index contributed by atoms with van der Waals surface area (Å²) < 4.78 is 28.9. The van der Waals surface area contributed by atoms with Gasteiger partial charge in [-0.05, 0) is 75.6 Å². The van der Waals surface area contributed by atoms with Crippen LogP contribution < -0.4 is 25.1 Å². The number of methoxy groups -OCH3 is 4. The number of alkyl carbamates (subject to hydrolysis) is 1. The molecule has 1 fully saturated rings. The monoisotopic (exact) mass is 566 g/mol. The molecular weight excluding hydrogens is 528 g/mol. The number of nitrogens with zero attached hydrogens (tertiary/aromatic N) is 1. The van der Waals surface area contributed by atoms with E-state index < -0.39 is 17.7 Å². The van der Waals surface area contributed by atoms with E-state index in [-0.39, 0.29) is 23.3 Å². The van der Waals surface area contributed by atoms with E-state index in [1.54, 1.807) is 28.8 Å². The van der Waals surface area contributed by atoms with Crippen molar-refractivity contribution in [1.29, 1.82) is 0 Å². The molecule has 0 atom stereocenters. The van der Waals surface area contributed by atoms with Crippen molar-refractivity contribution in [3.8, 4) is 28.4 Å². The minimum absolute atomic E-state index is 0.103. The second-order valence-corrected chi connectivity index (χ2v) is 11.0. The molecular formula is C31H38N2O8. The molecule has 0 bridgehead atoms. The van der Waals surface area contributed by atoms with Crippen LogP contribution in [0.3, 0.4) is 0 Å². The summed E-state index contributed by atoms with van der Waals surface area (Å²) in [7, 11) is 5.85. The number of nitrogens with one attached hydrogen (secondary N) is 1. The van der Waals surface area contributed by atoms with E-state index in [1.807, 2.05) is 32.9 Å². The van der Waals surface area contributed by atoms with E-state index in [0.717, 1.165) is 0 Å². The molecule has 0 aliphatic heterocycles. The van der Waals surface area contributed by atoms with E-state index in [2.05, 4.69) is 5.32 Å². The number of esters is 1. The van der Waals surface area contributed by atoms with Crippen molar-refractivity contribution in [2.45, 2.75) is 64.1 Å². The smallest absolute Gasteiger partial charge is 0.407 e. The molecule has 1 saturated carbocycles. The number of carbonyl (C=O) groups is 2. The largest absolute Gasteiger partial charge is 0.493 e. The molecule has 4 rings (SSSR count). The summed E-state index contributed by atoms with van der Waals surface area (Å²) in [4.78, 5) is 39.8. The third-order valence-electron chi connectivity index (χ3n) is 7.24. The van der Waals surface area contributed by atoms with E-state index in [0.29, 0.717) is 64.8 Å². The molecule has 1 aromatic heterocycles. The highest BCUT2D eigenvalue weighted by Gasteiger charge is 2.32. The molecule has 10 nitrogen and oxygen atoms in total. The average molecular weight is 567 g/mol. The first-order valence-electron chi connectivity index (χ1n) is 13.6. The highest BCUT2D eigenvalue weighted by atomic mass is 16.6. The van der Waals surface area contributed by atoms with Crippen molar-refractivity contribution in [2.75, 3.05) is 28.4 Å². The van der Waals surface area contributed by atoms with Crippen LogP contribution in [0, 0.1) is 0 Å². The summed E-state index contributed by atoms with van der Waals surface area (Å²) in [5.41, 5.74) is 0.401. The number of benzene rings is 2. The summed E-state index contributed by atoms with van der Waals surface area (Å²) in [6.07, 6.45) is 1.89. The van der Waals surface area contributed by atoms with Crippen molar-refractivity contribution in [1.82, 2.24) is 9.88 Å². The van der Waals surface area contributed by atoms with Gasteiger partial charge in [-0.25, -0.2) is 9.59 Å². The summed E-state index contributed by atoms with van der Waals surface area (Å²) in [5, 5.41) is 4.00. The zero-order valence-electron chi connectivity index (χ0n) is 24.7. The Morgan fingerprint density at radius 1 is 0.878 bits per heavy atom. The quantitative estimate of drug-likeness (QED) is 0.374. The van der Waals surface area contributed by atoms with E-state index in [4.69, 9.17) is 23.7 Å². The standard InChI is InChI=1S/C31H38N2O8/c1-31(2,3)41-30(36)32-19-12-14-20(15-13-19)33-26(29(35)40-7)25(21-10-8-9-11-22(21)28(33)34)18-16-23(37-4)27(39-6)24(17-18)38-5/h8-11,16-17,19-20H,12-15H2,1-7H3,(H,32,36). The molecule has 3 aromatic rings. The van der Waals surface area contributed by atoms with Gasteiger partial charge in [-0.2, -0.15) is 0 Å². The number of rotatable bonds is 7. The van der Waals surface area contributed by atoms with E-state index in [1.165, 1.54) is 28.4 Å². The third kappa shape index (κ3) is 6.11. The van der Waals surface area contributed by atoms with Crippen LogP contribution in [0.1, 0.15) is 63.0 Å². The Kier molecular flexibility index (Phi) is 8.80. The molecule has 1 aliphatic carbocycles. The highest BCUT2D eigenvalue weighted by molar-refractivity contribution is 6.07. The van der Waals surface area contributed by atoms with Gasteiger partial charge in [0.15, 0.2) is 11.5 Å². The van der Waals surface area contributed by atoms with Crippen molar-refractivity contribution in [3.05, 3.63) is 52.4 Å². The van der Waals surface area contributed by atoms with Crippen LogP contribution in [0.15, 0.2) is 41.2 Å². The fourth-order valence-corrected chi connectivity index (χ4v) is 5.48. The lowest BCUT2D eigenvalue weighted by molar-refractivity contribution is 0.0487. The van der Waals surface area contributed by atoms with Crippen LogP contribution in [0.4, 0.5) is 4.79 Å². The lowest BCUT2D eigenvalue weighted by Crippen LogP contribution is -2.42. The Balaban J connectivity index is 1.86. The van der Waals surface area contributed by atoms with E-state index >= 15 is 0 Å². The molecule has 0 saturated heterocycles. The number of aromatic nitrogens is 1. The SMILES string of the molecule is COC(=O)c1c(-c2cc(OC)c(OC)c(OC)c2)c2ccccc2c(=O)n1C1CCC(NC(=O)OC(C)(C)C)CC1. The molecule has 0 radical (unpaired) electrons. The van der Waals surface area contributed by atoms with Crippen molar-refractivity contribution in [2.24, 2.45) is 0 Å². The van der Waals surface area contributed by atoms with Crippen molar-refractivity contribution >= 4 is 22.8 Å². The van der Waals surface area contributed by atoms with Crippen LogP contribution in [0.2, 0.25) is 0 Å². The number of amides is 1. The van der Waals surface area contributed by atoms with Gasteiger partial charge in [0.25, 0.3) is 5.56 Å². The first kappa shape index (κ1) is 29.8. The van der Waals surface area contributed by atoms with Gasteiger partial charge >= 0.3 is 12.1 Å². The van der Waals surface area contributed by atoms with Gasteiger partial charge < -0.3 is 29.0 Å². The maximum Gasteiger partial charge on any atom is 0.407 e. The zero-order chi connectivity index (χ0) is 29.9.